The smallest absolute Gasteiger partial charge is 0.193 e. The van der Waals surface area contributed by atoms with Crippen LogP contribution in [0.1, 0.15) is 47.0 Å². The van der Waals surface area contributed by atoms with Gasteiger partial charge in [-0.05, 0) is 52.5 Å². The molecule has 2 heterocycles. The maximum Gasteiger partial charge on any atom is 0.193 e. The first-order chi connectivity index (χ1) is 11.1. The van der Waals surface area contributed by atoms with Gasteiger partial charge in [0.15, 0.2) is 5.96 Å². The van der Waals surface area contributed by atoms with E-state index in [4.69, 9.17) is 4.99 Å². The minimum absolute atomic E-state index is 0. The highest BCUT2D eigenvalue weighted by Gasteiger charge is 2.24. The quantitative estimate of drug-likeness (QED) is 0.380. The minimum Gasteiger partial charge on any atom is -0.357 e. The van der Waals surface area contributed by atoms with Crippen molar-refractivity contribution >= 4 is 41.7 Å². The zero-order valence-electron chi connectivity index (χ0n) is 16.0. The highest BCUT2D eigenvalue weighted by atomic mass is 127. The van der Waals surface area contributed by atoms with Crippen LogP contribution in [0.5, 0.6) is 0 Å². The van der Waals surface area contributed by atoms with Crippen molar-refractivity contribution in [2.45, 2.75) is 58.2 Å². The van der Waals surface area contributed by atoms with Crippen molar-refractivity contribution in [1.82, 2.24) is 15.1 Å². The van der Waals surface area contributed by atoms with Crippen LogP contribution in [0.25, 0.3) is 0 Å². The molecule has 2 aliphatic rings. The summed E-state index contributed by atoms with van der Waals surface area (Å²) in [4.78, 5) is 10.1. The molecule has 0 spiro atoms. The first-order valence-corrected chi connectivity index (χ1v) is 10.6. The summed E-state index contributed by atoms with van der Waals surface area (Å²) in [5, 5.41) is 4.29. The molecule has 2 fully saturated rings. The van der Waals surface area contributed by atoms with Crippen LogP contribution in [0, 0.1) is 5.92 Å². The monoisotopic (exact) mass is 468 g/mol. The molecule has 0 amide bonds. The second-order valence-corrected chi connectivity index (χ2v) is 8.55. The number of nitrogens with one attached hydrogen (secondary N) is 1. The van der Waals surface area contributed by atoms with Crippen LogP contribution in [-0.2, 0) is 0 Å². The second-order valence-electron chi connectivity index (χ2n) is 7.14. The molecule has 0 aromatic rings. The van der Waals surface area contributed by atoms with Gasteiger partial charge in [0.05, 0.1) is 0 Å². The fourth-order valence-corrected chi connectivity index (χ4v) is 4.70. The van der Waals surface area contributed by atoms with Crippen molar-refractivity contribution < 1.29 is 0 Å². The molecule has 0 aromatic heterocycles. The third-order valence-electron chi connectivity index (χ3n) is 5.01. The number of nitrogens with zero attached hydrogens (tertiary/aromatic N) is 3. The van der Waals surface area contributed by atoms with E-state index in [1.165, 1.54) is 38.1 Å². The van der Waals surface area contributed by atoms with Gasteiger partial charge in [0.1, 0.15) is 0 Å². The van der Waals surface area contributed by atoms with Crippen LogP contribution in [0.4, 0.5) is 0 Å². The number of piperidine rings is 1. The maximum absolute atomic E-state index is 5.02. The lowest BCUT2D eigenvalue weighted by atomic mass is 9.97. The van der Waals surface area contributed by atoms with Crippen LogP contribution in [0.3, 0.4) is 0 Å². The molecule has 0 aromatic carbocycles. The molecular formula is C18H37IN4S. The van der Waals surface area contributed by atoms with Crippen LogP contribution >= 0.6 is 35.7 Å². The summed E-state index contributed by atoms with van der Waals surface area (Å²) in [5.74, 6) is 3.10. The number of hydrogen-bond acceptors (Lipinski definition) is 3. The van der Waals surface area contributed by atoms with Crippen molar-refractivity contribution in [2.75, 3.05) is 45.0 Å². The fourth-order valence-electron chi connectivity index (χ4n) is 3.52. The average molecular weight is 468 g/mol. The van der Waals surface area contributed by atoms with Gasteiger partial charge in [0.2, 0.25) is 0 Å². The summed E-state index contributed by atoms with van der Waals surface area (Å²) >= 11 is 2.12. The molecule has 2 atom stereocenters. The lowest BCUT2D eigenvalue weighted by molar-refractivity contribution is 0.143. The van der Waals surface area contributed by atoms with Crippen molar-refractivity contribution in [3.05, 3.63) is 0 Å². The number of halogens is 1. The van der Waals surface area contributed by atoms with E-state index >= 15 is 0 Å². The lowest BCUT2D eigenvalue weighted by Crippen LogP contribution is -2.48. The molecule has 0 bridgehead atoms. The standard InChI is InChI=1S/C18H36N4S.HI/c1-5-17-14-22(10-11-23-17)18(19-6-2)20-12-16-8-7-9-21(13-16)15(3)4;/h15-17H,5-14H2,1-4H3,(H,19,20);1H. The van der Waals surface area contributed by atoms with E-state index in [-0.39, 0.29) is 24.0 Å². The Morgan fingerprint density at radius 1 is 1.25 bits per heavy atom. The molecule has 6 heteroatoms. The number of rotatable bonds is 5. The fraction of sp³-hybridized carbons (Fsp3) is 0.944. The average Bonchev–Trinajstić information content (AvgIpc) is 2.59. The Hall–Kier alpha value is 0.310. The van der Waals surface area contributed by atoms with E-state index in [1.54, 1.807) is 0 Å². The van der Waals surface area contributed by atoms with E-state index in [9.17, 15) is 0 Å². The summed E-state index contributed by atoms with van der Waals surface area (Å²) in [6, 6.07) is 0.666. The van der Waals surface area contributed by atoms with E-state index in [1.807, 2.05) is 0 Å². The van der Waals surface area contributed by atoms with Gasteiger partial charge in [-0.2, -0.15) is 11.8 Å². The molecule has 1 N–H and O–H groups in total. The Balaban J connectivity index is 0.00000288. The van der Waals surface area contributed by atoms with Crippen molar-refractivity contribution in [3.8, 4) is 0 Å². The van der Waals surface area contributed by atoms with E-state index < -0.39 is 0 Å². The topological polar surface area (TPSA) is 30.9 Å². The predicted octanol–water partition coefficient (Wildman–Crippen LogP) is 3.52. The molecule has 0 aliphatic carbocycles. The van der Waals surface area contributed by atoms with Gasteiger partial charge < -0.3 is 15.1 Å². The van der Waals surface area contributed by atoms with E-state index in [0.717, 1.165) is 43.3 Å². The summed E-state index contributed by atoms with van der Waals surface area (Å²) in [6.45, 7) is 15.8. The normalized spacial score (nSPS) is 26.4. The highest BCUT2D eigenvalue weighted by molar-refractivity contribution is 14.0. The minimum atomic E-state index is 0. The highest BCUT2D eigenvalue weighted by Crippen LogP contribution is 2.22. The van der Waals surface area contributed by atoms with Crippen LogP contribution in [0.2, 0.25) is 0 Å². The van der Waals surface area contributed by atoms with Crippen LogP contribution in [0.15, 0.2) is 4.99 Å². The summed E-state index contributed by atoms with van der Waals surface area (Å²) < 4.78 is 0. The summed E-state index contributed by atoms with van der Waals surface area (Å²) in [6.07, 6.45) is 3.92. The molecule has 2 unspecified atom stereocenters. The molecular weight excluding hydrogens is 431 g/mol. The SMILES string of the molecule is CCNC(=NCC1CCCN(C(C)C)C1)N1CCSC(CC)C1.I. The van der Waals surface area contributed by atoms with Gasteiger partial charge in [-0.25, -0.2) is 0 Å². The molecule has 2 aliphatic heterocycles. The van der Waals surface area contributed by atoms with Crippen LogP contribution < -0.4 is 5.32 Å². The zero-order valence-corrected chi connectivity index (χ0v) is 19.1. The molecule has 2 saturated heterocycles. The summed E-state index contributed by atoms with van der Waals surface area (Å²) in [7, 11) is 0. The lowest BCUT2D eigenvalue weighted by Gasteiger charge is -2.36. The number of likely N-dealkylation sites (tertiary alicyclic amines) is 1. The van der Waals surface area contributed by atoms with Crippen molar-refractivity contribution in [1.29, 1.82) is 0 Å². The Morgan fingerprint density at radius 3 is 2.71 bits per heavy atom. The van der Waals surface area contributed by atoms with Crippen molar-refractivity contribution in [2.24, 2.45) is 10.9 Å². The Morgan fingerprint density at radius 2 is 2.04 bits per heavy atom. The third kappa shape index (κ3) is 6.90. The molecule has 142 valence electrons. The Kier molecular flexibility index (Phi) is 11.0. The van der Waals surface area contributed by atoms with Gasteiger partial charge in [-0.3, -0.25) is 4.99 Å². The van der Waals surface area contributed by atoms with Gasteiger partial charge in [-0.1, -0.05) is 6.92 Å². The summed E-state index contributed by atoms with van der Waals surface area (Å²) in [5.41, 5.74) is 0. The van der Waals surface area contributed by atoms with Crippen LogP contribution in [-0.4, -0.2) is 72.1 Å². The molecule has 4 nitrogen and oxygen atoms in total. The third-order valence-corrected chi connectivity index (χ3v) is 6.38. The Bertz CT molecular complexity index is 378. The first-order valence-electron chi connectivity index (χ1n) is 9.52. The number of guanidine groups is 1. The number of aliphatic imine (C=N–C) groups is 1. The second kappa shape index (κ2) is 11.8. The van der Waals surface area contributed by atoms with E-state index in [0.29, 0.717) is 6.04 Å². The first kappa shape index (κ1) is 22.4. The molecule has 0 radical (unpaired) electrons. The maximum atomic E-state index is 5.02. The molecule has 24 heavy (non-hydrogen) atoms. The number of hydrogen-bond donors (Lipinski definition) is 1. The molecule has 0 saturated carbocycles. The van der Waals surface area contributed by atoms with Gasteiger partial charge >= 0.3 is 0 Å². The van der Waals surface area contributed by atoms with Crippen molar-refractivity contribution in [3.63, 3.8) is 0 Å². The van der Waals surface area contributed by atoms with Gasteiger partial charge in [0.25, 0.3) is 0 Å². The van der Waals surface area contributed by atoms with E-state index in [2.05, 4.69) is 54.6 Å². The van der Waals surface area contributed by atoms with Gasteiger partial charge in [-0.15, -0.1) is 24.0 Å². The van der Waals surface area contributed by atoms with Gasteiger partial charge in [0, 0.05) is 49.8 Å². The number of thioether (sulfide) groups is 1. The predicted molar refractivity (Wildman–Crippen MR) is 119 cm³/mol. The zero-order chi connectivity index (χ0) is 16.7. The molecule has 2 rings (SSSR count). The largest absolute Gasteiger partial charge is 0.357 e. The Labute approximate surface area is 170 Å².